The minimum atomic E-state index is 0.0186. The van der Waals surface area contributed by atoms with E-state index in [-0.39, 0.29) is 5.84 Å². The molecule has 0 aliphatic rings. The smallest absolute Gasteiger partial charge is 0.201 e. The maximum Gasteiger partial charge on any atom is 0.201 e. The van der Waals surface area contributed by atoms with Gasteiger partial charge in [-0.2, -0.15) is 0 Å². The second kappa shape index (κ2) is 5.45. The van der Waals surface area contributed by atoms with E-state index in [0.717, 1.165) is 5.52 Å². The van der Waals surface area contributed by atoms with Crippen molar-refractivity contribution in [3.8, 4) is 0 Å². The summed E-state index contributed by atoms with van der Waals surface area (Å²) in [5.41, 5.74) is 7.62. The van der Waals surface area contributed by atoms with Gasteiger partial charge in [-0.15, -0.1) is 0 Å². The number of fused-ring (bicyclic) bond motifs is 1. The first-order chi connectivity index (χ1) is 10.3. The third kappa shape index (κ3) is 2.59. The standard InChI is InChI=1S/C13H13N7O/c14-12(20-21)8-3-1-4-9-11(8)19-13(18-9)17-7-10-15-5-2-6-16-10/h1-6,21H,7H2,(H2,14,20)(H2,17,18,19). The highest BCUT2D eigenvalue weighted by Gasteiger charge is 2.10. The van der Waals surface area contributed by atoms with Gasteiger partial charge in [0.1, 0.15) is 11.3 Å². The molecular formula is C13H13N7O. The molecule has 0 aliphatic heterocycles. The van der Waals surface area contributed by atoms with Crippen molar-refractivity contribution in [2.24, 2.45) is 10.9 Å². The van der Waals surface area contributed by atoms with Crippen LogP contribution in [0.25, 0.3) is 11.0 Å². The molecule has 0 spiro atoms. The first kappa shape index (κ1) is 12.9. The zero-order valence-corrected chi connectivity index (χ0v) is 11.0. The Morgan fingerprint density at radius 1 is 1.29 bits per heavy atom. The quantitative estimate of drug-likeness (QED) is 0.245. The number of nitrogens with two attached hydrogens (primary N) is 1. The lowest BCUT2D eigenvalue weighted by molar-refractivity contribution is 0.318. The second-order valence-electron chi connectivity index (χ2n) is 4.29. The molecule has 5 N–H and O–H groups in total. The molecule has 0 saturated heterocycles. The van der Waals surface area contributed by atoms with E-state index < -0.39 is 0 Å². The molecule has 1 aromatic carbocycles. The number of aromatic nitrogens is 4. The van der Waals surface area contributed by atoms with E-state index in [1.165, 1.54) is 0 Å². The van der Waals surface area contributed by atoms with Crippen LogP contribution in [0, 0.1) is 0 Å². The lowest BCUT2D eigenvalue weighted by atomic mass is 10.2. The summed E-state index contributed by atoms with van der Waals surface area (Å²) in [5.74, 6) is 1.25. The molecule has 0 fully saturated rings. The Bertz CT molecular complexity index is 782. The molecule has 0 aliphatic carbocycles. The molecular weight excluding hydrogens is 270 g/mol. The van der Waals surface area contributed by atoms with Crippen molar-refractivity contribution in [3.05, 3.63) is 48.0 Å². The van der Waals surface area contributed by atoms with E-state index >= 15 is 0 Å². The molecule has 0 unspecified atom stereocenters. The fourth-order valence-corrected chi connectivity index (χ4v) is 1.96. The summed E-state index contributed by atoms with van der Waals surface area (Å²) in [7, 11) is 0. The van der Waals surface area contributed by atoms with Gasteiger partial charge in [0, 0.05) is 18.0 Å². The van der Waals surface area contributed by atoms with Gasteiger partial charge >= 0.3 is 0 Å². The number of hydrogen-bond donors (Lipinski definition) is 4. The Hall–Kier alpha value is -3.16. The summed E-state index contributed by atoms with van der Waals surface area (Å²) in [6.07, 6.45) is 3.36. The van der Waals surface area contributed by atoms with Crippen molar-refractivity contribution in [1.82, 2.24) is 19.9 Å². The predicted octanol–water partition coefficient (Wildman–Crippen LogP) is 1.06. The van der Waals surface area contributed by atoms with Gasteiger partial charge in [-0.25, -0.2) is 15.0 Å². The number of H-pyrrole nitrogens is 1. The van der Waals surface area contributed by atoms with E-state index in [4.69, 9.17) is 10.9 Å². The number of anilines is 1. The molecule has 0 amide bonds. The van der Waals surface area contributed by atoms with Crippen LogP contribution < -0.4 is 11.1 Å². The van der Waals surface area contributed by atoms with Crippen LogP contribution >= 0.6 is 0 Å². The van der Waals surface area contributed by atoms with Crippen LogP contribution in [0.15, 0.2) is 41.8 Å². The first-order valence-corrected chi connectivity index (χ1v) is 6.24. The summed E-state index contributed by atoms with van der Waals surface area (Å²) in [6.45, 7) is 0.444. The number of rotatable bonds is 4. The lowest BCUT2D eigenvalue weighted by Crippen LogP contribution is -2.13. The Morgan fingerprint density at radius 3 is 2.86 bits per heavy atom. The van der Waals surface area contributed by atoms with Crippen LogP contribution in [0.1, 0.15) is 11.4 Å². The SMILES string of the molecule is NC(=NO)c1cccc2[nH]c(NCc3ncccn3)nc12. The normalized spacial score (nSPS) is 11.7. The number of aromatic amines is 1. The van der Waals surface area contributed by atoms with Crippen molar-refractivity contribution < 1.29 is 5.21 Å². The zero-order chi connectivity index (χ0) is 14.7. The van der Waals surface area contributed by atoms with Gasteiger partial charge in [0.05, 0.1) is 12.1 Å². The molecule has 0 bridgehead atoms. The van der Waals surface area contributed by atoms with Crippen LogP contribution in [0.3, 0.4) is 0 Å². The van der Waals surface area contributed by atoms with Gasteiger partial charge < -0.3 is 21.2 Å². The summed E-state index contributed by atoms with van der Waals surface area (Å²) in [6, 6.07) is 7.16. The molecule has 8 heteroatoms. The minimum absolute atomic E-state index is 0.0186. The summed E-state index contributed by atoms with van der Waals surface area (Å²) in [5, 5.41) is 14.9. The van der Waals surface area contributed by atoms with Crippen molar-refractivity contribution >= 4 is 22.8 Å². The molecule has 3 aromatic rings. The Labute approximate surface area is 119 Å². The van der Waals surface area contributed by atoms with Gasteiger partial charge in [-0.05, 0) is 18.2 Å². The number of imidazole rings is 1. The van der Waals surface area contributed by atoms with Crippen LogP contribution in [-0.2, 0) is 6.54 Å². The number of hydrogen-bond acceptors (Lipinski definition) is 6. The third-order valence-electron chi connectivity index (χ3n) is 2.93. The fourth-order valence-electron chi connectivity index (χ4n) is 1.96. The van der Waals surface area contributed by atoms with Crippen molar-refractivity contribution in [2.75, 3.05) is 5.32 Å². The van der Waals surface area contributed by atoms with Crippen LogP contribution in [0.5, 0.6) is 0 Å². The number of amidine groups is 1. The third-order valence-corrected chi connectivity index (χ3v) is 2.93. The topological polar surface area (TPSA) is 125 Å². The first-order valence-electron chi connectivity index (χ1n) is 6.24. The average Bonchev–Trinajstić information content (AvgIpc) is 2.96. The van der Waals surface area contributed by atoms with E-state index in [2.05, 4.69) is 30.4 Å². The maximum atomic E-state index is 8.80. The highest BCUT2D eigenvalue weighted by Crippen LogP contribution is 2.18. The largest absolute Gasteiger partial charge is 0.409 e. The Kier molecular flexibility index (Phi) is 3.34. The van der Waals surface area contributed by atoms with Gasteiger partial charge in [-0.1, -0.05) is 11.2 Å². The molecule has 0 atom stereocenters. The van der Waals surface area contributed by atoms with Gasteiger partial charge in [0.15, 0.2) is 5.84 Å². The Morgan fingerprint density at radius 2 is 2.10 bits per heavy atom. The van der Waals surface area contributed by atoms with E-state index in [1.807, 2.05) is 6.07 Å². The van der Waals surface area contributed by atoms with Crippen LogP contribution in [0.4, 0.5) is 5.95 Å². The second-order valence-corrected chi connectivity index (χ2v) is 4.29. The highest BCUT2D eigenvalue weighted by molar-refractivity contribution is 6.07. The van der Waals surface area contributed by atoms with E-state index in [0.29, 0.717) is 29.4 Å². The number of benzene rings is 1. The molecule has 2 heterocycles. The van der Waals surface area contributed by atoms with Gasteiger partial charge in [0.25, 0.3) is 0 Å². The van der Waals surface area contributed by atoms with Crippen LogP contribution in [0.2, 0.25) is 0 Å². The molecule has 106 valence electrons. The average molecular weight is 283 g/mol. The molecule has 8 nitrogen and oxygen atoms in total. The summed E-state index contributed by atoms with van der Waals surface area (Å²) in [4.78, 5) is 15.8. The van der Waals surface area contributed by atoms with Crippen molar-refractivity contribution in [1.29, 1.82) is 0 Å². The summed E-state index contributed by atoms with van der Waals surface area (Å²) >= 11 is 0. The highest BCUT2D eigenvalue weighted by atomic mass is 16.4. The molecule has 21 heavy (non-hydrogen) atoms. The summed E-state index contributed by atoms with van der Waals surface area (Å²) < 4.78 is 0. The molecule has 2 aromatic heterocycles. The molecule has 0 radical (unpaired) electrons. The molecule has 3 rings (SSSR count). The minimum Gasteiger partial charge on any atom is -0.409 e. The van der Waals surface area contributed by atoms with E-state index in [1.54, 1.807) is 30.6 Å². The Balaban J connectivity index is 1.88. The number of para-hydroxylation sites is 1. The van der Waals surface area contributed by atoms with Crippen LogP contribution in [-0.4, -0.2) is 31.0 Å². The number of nitrogens with zero attached hydrogens (tertiary/aromatic N) is 4. The predicted molar refractivity (Wildman–Crippen MR) is 78.0 cm³/mol. The lowest BCUT2D eigenvalue weighted by Gasteiger charge is -2.00. The monoisotopic (exact) mass is 283 g/mol. The van der Waals surface area contributed by atoms with E-state index in [9.17, 15) is 0 Å². The zero-order valence-electron chi connectivity index (χ0n) is 11.0. The number of nitrogens with one attached hydrogen (secondary N) is 2. The fraction of sp³-hybridized carbons (Fsp3) is 0.0769. The van der Waals surface area contributed by atoms with Gasteiger partial charge in [0.2, 0.25) is 5.95 Å². The number of oxime groups is 1. The molecule has 0 saturated carbocycles. The van der Waals surface area contributed by atoms with Crippen molar-refractivity contribution in [3.63, 3.8) is 0 Å². The van der Waals surface area contributed by atoms with Crippen molar-refractivity contribution in [2.45, 2.75) is 6.54 Å². The van der Waals surface area contributed by atoms with Gasteiger partial charge in [-0.3, -0.25) is 0 Å². The maximum absolute atomic E-state index is 8.80.